The first-order chi connectivity index (χ1) is 9.72. The predicted octanol–water partition coefficient (Wildman–Crippen LogP) is 2.76. The van der Waals surface area contributed by atoms with Crippen LogP contribution in [0.1, 0.15) is 23.8 Å². The highest BCUT2D eigenvalue weighted by Crippen LogP contribution is 2.22. The van der Waals surface area contributed by atoms with E-state index in [1.54, 1.807) is 11.6 Å². The number of rotatable bonds is 3. The van der Waals surface area contributed by atoms with Crippen LogP contribution in [0.25, 0.3) is 0 Å². The van der Waals surface area contributed by atoms with Crippen molar-refractivity contribution in [2.45, 2.75) is 13.3 Å². The monoisotopic (exact) mass is 288 g/mol. The van der Waals surface area contributed by atoms with Crippen molar-refractivity contribution in [2.24, 2.45) is 5.92 Å². The topological polar surface area (TPSA) is 58.1 Å². The predicted molar refractivity (Wildman–Crippen MR) is 79.3 cm³/mol. The SMILES string of the molecule is CC1CCN(C(=O)c2csc(Nc3ccccn3)n2)C1. The molecule has 1 amide bonds. The number of likely N-dealkylation sites (tertiary alicyclic amines) is 1. The first-order valence-electron chi connectivity index (χ1n) is 6.65. The van der Waals surface area contributed by atoms with Gasteiger partial charge >= 0.3 is 0 Å². The third-order valence-electron chi connectivity index (χ3n) is 3.33. The molecular weight excluding hydrogens is 272 g/mol. The molecule has 0 aromatic carbocycles. The second-order valence-corrected chi connectivity index (χ2v) is 5.88. The number of carbonyl (C=O) groups is 1. The van der Waals surface area contributed by atoms with Crippen molar-refractivity contribution >= 4 is 28.2 Å². The smallest absolute Gasteiger partial charge is 0.273 e. The van der Waals surface area contributed by atoms with Crippen molar-refractivity contribution in [2.75, 3.05) is 18.4 Å². The number of hydrogen-bond donors (Lipinski definition) is 1. The van der Waals surface area contributed by atoms with Crippen molar-refractivity contribution in [1.82, 2.24) is 14.9 Å². The number of aromatic nitrogens is 2. The summed E-state index contributed by atoms with van der Waals surface area (Å²) in [6.45, 7) is 3.84. The van der Waals surface area contributed by atoms with Gasteiger partial charge in [0, 0.05) is 24.7 Å². The molecule has 3 rings (SSSR count). The van der Waals surface area contributed by atoms with Gasteiger partial charge in [0.25, 0.3) is 5.91 Å². The quantitative estimate of drug-likeness (QED) is 0.943. The van der Waals surface area contributed by atoms with Crippen LogP contribution in [0.15, 0.2) is 29.8 Å². The zero-order valence-corrected chi connectivity index (χ0v) is 12.1. The molecule has 6 heteroatoms. The van der Waals surface area contributed by atoms with E-state index < -0.39 is 0 Å². The normalized spacial score (nSPS) is 18.2. The standard InChI is InChI=1S/C14H16N4OS/c1-10-5-7-18(8-10)13(19)11-9-20-14(16-11)17-12-4-2-3-6-15-12/h2-4,6,9-10H,5,7-8H2,1H3,(H,15,16,17). The number of thiazole rings is 1. The fourth-order valence-electron chi connectivity index (χ4n) is 2.26. The molecule has 1 unspecified atom stereocenters. The maximum Gasteiger partial charge on any atom is 0.273 e. The fraction of sp³-hybridized carbons (Fsp3) is 0.357. The highest BCUT2D eigenvalue weighted by Gasteiger charge is 2.25. The van der Waals surface area contributed by atoms with E-state index in [4.69, 9.17) is 0 Å². The first kappa shape index (κ1) is 13.1. The van der Waals surface area contributed by atoms with Gasteiger partial charge in [-0.3, -0.25) is 4.79 Å². The van der Waals surface area contributed by atoms with E-state index in [0.29, 0.717) is 16.7 Å². The Morgan fingerprint density at radius 1 is 1.50 bits per heavy atom. The van der Waals surface area contributed by atoms with Crippen molar-refractivity contribution in [1.29, 1.82) is 0 Å². The number of carbonyl (C=O) groups excluding carboxylic acids is 1. The van der Waals surface area contributed by atoms with Gasteiger partial charge in [-0.15, -0.1) is 11.3 Å². The summed E-state index contributed by atoms with van der Waals surface area (Å²) in [5, 5.41) is 5.60. The molecule has 2 aromatic heterocycles. The first-order valence-corrected chi connectivity index (χ1v) is 7.53. The summed E-state index contributed by atoms with van der Waals surface area (Å²) >= 11 is 1.42. The Morgan fingerprint density at radius 3 is 3.10 bits per heavy atom. The van der Waals surface area contributed by atoms with Crippen LogP contribution in [-0.4, -0.2) is 33.9 Å². The minimum Gasteiger partial charge on any atom is -0.337 e. The van der Waals surface area contributed by atoms with Crippen LogP contribution in [0.4, 0.5) is 10.9 Å². The van der Waals surface area contributed by atoms with Gasteiger partial charge in [0.05, 0.1) is 0 Å². The van der Waals surface area contributed by atoms with Crippen LogP contribution in [0.3, 0.4) is 0 Å². The van der Waals surface area contributed by atoms with Gasteiger partial charge in [0.1, 0.15) is 11.5 Å². The third-order valence-corrected chi connectivity index (χ3v) is 4.09. The van der Waals surface area contributed by atoms with E-state index in [9.17, 15) is 4.79 Å². The molecule has 0 bridgehead atoms. The summed E-state index contributed by atoms with van der Waals surface area (Å²) in [5.41, 5.74) is 0.516. The zero-order valence-electron chi connectivity index (χ0n) is 11.2. The number of anilines is 2. The lowest BCUT2D eigenvalue weighted by Crippen LogP contribution is -2.28. The molecule has 5 nitrogen and oxygen atoms in total. The molecule has 0 aliphatic carbocycles. The van der Waals surface area contributed by atoms with E-state index in [2.05, 4.69) is 22.2 Å². The van der Waals surface area contributed by atoms with Crippen LogP contribution in [-0.2, 0) is 0 Å². The van der Waals surface area contributed by atoms with E-state index in [0.717, 1.165) is 25.3 Å². The Morgan fingerprint density at radius 2 is 2.40 bits per heavy atom. The Balaban J connectivity index is 1.69. The van der Waals surface area contributed by atoms with Gasteiger partial charge < -0.3 is 10.2 Å². The molecule has 104 valence electrons. The molecule has 3 heterocycles. The summed E-state index contributed by atoms with van der Waals surface area (Å²) < 4.78 is 0. The lowest BCUT2D eigenvalue weighted by Gasteiger charge is -2.13. The van der Waals surface area contributed by atoms with Crippen molar-refractivity contribution in [3.63, 3.8) is 0 Å². The molecule has 2 aromatic rings. The Hall–Kier alpha value is -1.95. The van der Waals surface area contributed by atoms with Gasteiger partial charge in [-0.05, 0) is 24.5 Å². The maximum atomic E-state index is 12.3. The molecule has 20 heavy (non-hydrogen) atoms. The fourth-order valence-corrected chi connectivity index (χ4v) is 2.95. The summed E-state index contributed by atoms with van der Waals surface area (Å²) in [6.07, 6.45) is 2.79. The second kappa shape index (κ2) is 5.58. The number of pyridine rings is 1. The number of nitrogens with one attached hydrogen (secondary N) is 1. The molecule has 1 aliphatic heterocycles. The summed E-state index contributed by atoms with van der Waals surface area (Å²) in [6, 6.07) is 5.63. The lowest BCUT2D eigenvalue weighted by molar-refractivity contribution is 0.0783. The van der Waals surface area contributed by atoms with Crippen molar-refractivity contribution in [3.8, 4) is 0 Å². The minimum absolute atomic E-state index is 0.0275. The van der Waals surface area contributed by atoms with Crippen molar-refractivity contribution < 1.29 is 4.79 Å². The summed E-state index contributed by atoms with van der Waals surface area (Å²) in [5.74, 6) is 1.35. The number of nitrogens with zero attached hydrogens (tertiary/aromatic N) is 3. The van der Waals surface area contributed by atoms with Gasteiger partial charge in [-0.25, -0.2) is 9.97 Å². The lowest BCUT2D eigenvalue weighted by atomic mass is 10.2. The molecule has 1 fully saturated rings. The van der Waals surface area contributed by atoms with Gasteiger partial charge in [-0.1, -0.05) is 13.0 Å². The molecule has 1 atom stereocenters. The molecule has 0 radical (unpaired) electrons. The Bertz CT molecular complexity index is 598. The van der Waals surface area contributed by atoms with Gasteiger partial charge in [0.2, 0.25) is 0 Å². The molecular formula is C14H16N4OS. The van der Waals surface area contributed by atoms with Crippen LogP contribution < -0.4 is 5.32 Å². The van der Waals surface area contributed by atoms with Gasteiger partial charge in [-0.2, -0.15) is 0 Å². The van der Waals surface area contributed by atoms with Crippen molar-refractivity contribution in [3.05, 3.63) is 35.5 Å². The Kier molecular flexibility index (Phi) is 3.64. The average molecular weight is 288 g/mol. The summed E-state index contributed by atoms with van der Waals surface area (Å²) in [4.78, 5) is 22.7. The van der Waals surface area contributed by atoms with Crippen LogP contribution in [0.2, 0.25) is 0 Å². The number of hydrogen-bond acceptors (Lipinski definition) is 5. The van der Waals surface area contributed by atoms with Crippen LogP contribution in [0.5, 0.6) is 0 Å². The number of amides is 1. The van der Waals surface area contributed by atoms with E-state index in [1.807, 2.05) is 23.1 Å². The Labute approximate surface area is 121 Å². The van der Waals surface area contributed by atoms with E-state index >= 15 is 0 Å². The average Bonchev–Trinajstić information content (AvgIpc) is 3.08. The highest BCUT2D eigenvalue weighted by atomic mass is 32.1. The van der Waals surface area contributed by atoms with E-state index in [1.165, 1.54) is 11.3 Å². The van der Waals surface area contributed by atoms with Gasteiger partial charge in [0.15, 0.2) is 5.13 Å². The van der Waals surface area contributed by atoms with E-state index in [-0.39, 0.29) is 5.91 Å². The highest BCUT2D eigenvalue weighted by molar-refractivity contribution is 7.14. The molecule has 0 spiro atoms. The largest absolute Gasteiger partial charge is 0.337 e. The molecule has 0 saturated carbocycles. The maximum absolute atomic E-state index is 12.3. The third kappa shape index (κ3) is 2.80. The van der Waals surface area contributed by atoms with Crippen LogP contribution >= 0.6 is 11.3 Å². The summed E-state index contributed by atoms with van der Waals surface area (Å²) in [7, 11) is 0. The molecule has 1 saturated heterocycles. The second-order valence-electron chi connectivity index (χ2n) is 5.02. The van der Waals surface area contributed by atoms with Crippen LogP contribution in [0, 0.1) is 5.92 Å². The molecule has 1 aliphatic rings. The zero-order chi connectivity index (χ0) is 13.9. The molecule has 1 N–H and O–H groups in total. The minimum atomic E-state index is 0.0275.